The minimum atomic E-state index is 0.00921. The smallest absolute Gasteiger partial charge is 0.241 e. The van der Waals surface area contributed by atoms with Crippen molar-refractivity contribution in [3.05, 3.63) is 0 Å². The van der Waals surface area contributed by atoms with Crippen molar-refractivity contribution in [3.63, 3.8) is 0 Å². The Morgan fingerprint density at radius 1 is 1.38 bits per heavy atom. The normalized spacial score (nSPS) is 40.3. The second-order valence-electron chi connectivity index (χ2n) is 4.03. The number of fused-ring (bicyclic) bond motifs is 1. The second-order valence-corrected chi connectivity index (χ2v) is 4.03. The predicted molar refractivity (Wildman–Crippen MR) is 50.4 cm³/mol. The van der Waals surface area contributed by atoms with Crippen molar-refractivity contribution in [3.8, 4) is 0 Å². The molecule has 2 fully saturated rings. The third kappa shape index (κ3) is 1.44. The Kier molecular flexibility index (Phi) is 2.26. The third-order valence-corrected chi connectivity index (χ3v) is 3.17. The van der Waals surface area contributed by atoms with Crippen LogP contribution in [0.3, 0.4) is 0 Å². The molecule has 0 aliphatic carbocycles. The topological polar surface area (TPSA) is 44.4 Å². The van der Waals surface area contributed by atoms with Gasteiger partial charge in [0.25, 0.3) is 0 Å². The lowest BCUT2D eigenvalue weighted by Crippen LogP contribution is -2.67. The van der Waals surface area contributed by atoms with Crippen LogP contribution in [-0.2, 0) is 4.79 Å². The van der Waals surface area contributed by atoms with Gasteiger partial charge in [0.2, 0.25) is 5.91 Å². The van der Waals surface area contributed by atoms with Crippen LogP contribution in [0.1, 0.15) is 13.3 Å². The third-order valence-electron chi connectivity index (χ3n) is 3.17. The highest BCUT2D eigenvalue weighted by Crippen LogP contribution is 2.18. The van der Waals surface area contributed by atoms with Gasteiger partial charge in [-0.2, -0.15) is 0 Å². The lowest BCUT2D eigenvalue weighted by atomic mass is 9.92. The number of likely N-dealkylation sites (tertiary alicyclic amines) is 1. The Hall–Kier alpha value is -0.610. The highest BCUT2D eigenvalue weighted by atomic mass is 16.2. The Morgan fingerprint density at radius 3 is 2.85 bits per heavy atom. The Labute approximate surface area is 78.7 Å². The maximum atomic E-state index is 11.8. The number of piperazine rings is 1. The number of carbonyl (C=O) groups is 1. The maximum Gasteiger partial charge on any atom is 0.241 e. The molecule has 0 radical (unpaired) electrons. The van der Waals surface area contributed by atoms with E-state index in [4.69, 9.17) is 0 Å². The molecule has 4 nitrogen and oxygen atoms in total. The first-order valence-corrected chi connectivity index (χ1v) is 4.93. The number of piperidine rings is 1. The summed E-state index contributed by atoms with van der Waals surface area (Å²) in [7, 11) is 1.89. The van der Waals surface area contributed by atoms with Crippen LogP contribution in [0.4, 0.5) is 0 Å². The van der Waals surface area contributed by atoms with E-state index in [1.165, 1.54) is 0 Å². The Balaban J connectivity index is 2.12. The Morgan fingerprint density at radius 2 is 2.08 bits per heavy atom. The molecule has 0 spiro atoms. The predicted octanol–water partition coefficient (Wildman–Crippen LogP) is -0.833. The molecule has 0 aromatic rings. The molecule has 4 heteroatoms. The molecule has 74 valence electrons. The van der Waals surface area contributed by atoms with E-state index in [1.807, 2.05) is 11.9 Å². The molecule has 0 bridgehead atoms. The first-order valence-electron chi connectivity index (χ1n) is 4.93. The van der Waals surface area contributed by atoms with Crippen LogP contribution in [0.2, 0.25) is 0 Å². The van der Waals surface area contributed by atoms with E-state index in [0.717, 1.165) is 19.5 Å². The number of amides is 1. The molecule has 2 saturated heterocycles. The fraction of sp³-hybridized carbons (Fsp3) is 0.889. The monoisotopic (exact) mass is 183 g/mol. The average molecular weight is 183 g/mol. The molecule has 3 atom stereocenters. The van der Waals surface area contributed by atoms with Crippen LogP contribution in [-0.4, -0.2) is 49.1 Å². The van der Waals surface area contributed by atoms with Crippen molar-refractivity contribution in [1.29, 1.82) is 0 Å². The highest BCUT2D eigenvalue weighted by Gasteiger charge is 2.39. The molecule has 2 unspecified atom stereocenters. The van der Waals surface area contributed by atoms with E-state index < -0.39 is 0 Å². The fourth-order valence-electron chi connectivity index (χ4n) is 2.19. The number of nitrogens with one attached hydrogen (secondary N) is 2. The molecule has 2 aliphatic heterocycles. The minimum Gasteiger partial charge on any atom is -0.342 e. The van der Waals surface area contributed by atoms with Crippen molar-refractivity contribution in [1.82, 2.24) is 15.5 Å². The lowest BCUT2D eigenvalue weighted by Gasteiger charge is -2.43. The zero-order valence-corrected chi connectivity index (χ0v) is 8.21. The zero-order chi connectivity index (χ0) is 9.42. The van der Waals surface area contributed by atoms with Crippen molar-refractivity contribution >= 4 is 5.91 Å². The summed E-state index contributed by atoms with van der Waals surface area (Å²) in [5, 5.41) is 6.66. The summed E-state index contributed by atoms with van der Waals surface area (Å²) in [5.41, 5.74) is 0. The van der Waals surface area contributed by atoms with Gasteiger partial charge in [-0.15, -0.1) is 0 Å². The van der Waals surface area contributed by atoms with Gasteiger partial charge in [-0.3, -0.25) is 4.79 Å². The standard InChI is InChI=1S/C9H17N3O/c1-6-5-7-8(9(13)12(6)2)11-4-3-10-7/h6-8,10-11H,3-5H2,1-2H3/t6?,7?,8-/m0/s1. The van der Waals surface area contributed by atoms with Gasteiger partial charge in [-0.25, -0.2) is 0 Å². The van der Waals surface area contributed by atoms with Gasteiger partial charge < -0.3 is 15.5 Å². The van der Waals surface area contributed by atoms with E-state index in [-0.39, 0.29) is 11.9 Å². The number of hydrogen-bond donors (Lipinski definition) is 2. The van der Waals surface area contributed by atoms with E-state index >= 15 is 0 Å². The van der Waals surface area contributed by atoms with Crippen LogP contribution in [0.5, 0.6) is 0 Å². The highest BCUT2D eigenvalue weighted by molar-refractivity contribution is 5.83. The summed E-state index contributed by atoms with van der Waals surface area (Å²) in [6.07, 6.45) is 1.06. The van der Waals surface area contributed by atoms with Gasteiger partial charge in [0.15, 0.2) is 0 Å². The zero-order valence-electron chi connectivity index (χ0n) is 8.21. The van der Waals surface area contributed by atoms with Gasteiger partial charge in [-0.05, 0) is 13.3 Å². The molecule has 13 heavy (non-hydrogen) atoms. The number of likely N-dealkylation sites (N-methyl/N-ethyl adjacent to an activating group) is 1. The number of nitrogens with zero attached hydrogens (tertiary/aromatic N) is 1. The molecular weight excluding hydrogens is 166 g/mol. The molecule has 2 aliphatic rings. The molecular formula is C9H17N3O. The number of rotatable bonds is 0. The number of carbonyl (C=O) groups excluding carboxylic acids is 1. The van der Waals surface area contributed by atoms with Crippen molar-refractivity contribution < 1.29 is 4.79 Å². The summed E-state index contributed by atoms with van der Waals surface area (Å²) in [6.45, 7) is 3.98. The van der Waals surface area contributed by atoms with Crippen molar-refractivity contribution in [2.45, 2.75) is 31.5 Å². The minimum absolute atomic E-state index is 0.00921. The largest absolute Gasteiger partial charge is 0.342 e. The summed E-state index contributed by atoms with van der Waals surface area (Å²) < 4.78 is 0. The molecule has 0 aromatic heterocycles. The average Bonchev–Trinajstić information content (AvgIpc) is 2.15. The summed E-state index contributed by atoms with van der Waals surface area (Å²) in [5.74, 6) is 0.232. The van der Waals surface area contributed by atoms with Gasteiger partial charge in [0, 0.05) is 32.2 Å². The van der Waals surface area contributed by atoms with Gasteiger partial charge in [0.1, 0.15) is 6.04 Å². The van der Waals surface area contributed by atoms with Crippen LogP contribution in [0.25, 0.3) is 0 Å². The van der Waals surface area contributed by atoms with Crippen LogP contribution < -0.4 is 10.6 Å². The van der Waals surface area contributed by atoms with Crippen LogP contribution in [0.15, 0.2) is 0 Å². The lowest BCUT2D eigenvalue weighted by molar-refractivity contribution is -0.138. The molecule has 1 amide bonds. The van der Waals surface area contributed by atoms with Gasteiger partial charge in [0.05, 0.1) is 0 Å². The van der Waals surface area contributed by atoms with Crippen molar-refractivity contribution in [2.24, 2.45) is 0 Å². The second kappa shape index (κ2) is 3.27. The maximum absolute atomic E-state index is 11.8. The number of hydrogen-bond acceptors (Lipinski definition) is 3. The van der Waals surface area contributed by atoms with Gasteiger partial charge in [-0.1, -0.05) is 0 Å². The van der Waals surface area contributed by atoms with Crippen LogP contribution in [0, 0.1) is 0 Å². The molecule has 2 heterocycles. The molecule has 2 N–H and O–H groups in total. The quantitative estimate of drug-likeness (QED) is 0.515. The van der Waals surface area contributed by atoms with Gasteiger partial charge >= 0.3 is 0 Å². The van der Waals surface area contributed by atoms with E-state index in [1.54, 1.807) is 0 Å². The van der Waals surface area contributed by atoms with E-state index in [2.05, 4.69) is 17.6 Å². The summed E-state index contributed by atoms with van der Waals surface area (Å²) >= 11 is 0. The molecule has 2 rings (SSSR count). The van der Waals surface area contributed by atoms with Crippen molar-refractivity contribution in [2.75, 3.05) is 20.1 Å². The van der Waals surface area contributed by atoms with E-state index in [0.29, 0.717) is 12.1 Å². The van der Waals surface area contributed by atoms with Crippen LogP contribution >= 0.6 is 0 Å². The Bertz CT molecular complexity index is 219. The molecule has 0 aromatic carbocycles. The fourth-order valence-corrected chi connectivity index (χ4v) is 2.19. The summed E-state index contributed by atoms with van der Waals surface area (Å²) in [4.78, 5) is 13.6. The SMILES string of the molecule is CC1CC2NCCN[C@@H]2C(=O)N1C. The first kappa shape index (κ1) is 8.97. The first-order chi connectivity index (χ1) is 6.20. The van der Waals surface area contributed by atoms with E-state index in [9.17, 15) is 4.79 Å². The summed E-state index contributed by atoms with van der Waals surface area (Å²) in [6, 6.07) is 0.712. The molecule has 0 saturated carbocycles.